The van der Waals surface area contributed by atoms with Crippen LogP contribution in [0.2, 0.25) is 0 Å². The molecule has 0 spiro atoms. The summed E-state index contributed by atoms with van der Waals surface area (Å²) in [6.07, 6.45) is 5.11. The maximum absolute atomic E-state index is 6.31. The molecule has 1 aromatic heterocycles. The predicted octanol–water partition coefficient (Wildman–Crippen LogP) is 3.40. The van der Waals surface area contributed by atoms with Crippen molar-refractivity contribution in [2.75, 3.05) is 0 Å². The number of hydrogen-bond acceptors (Lipinski definition) is 1. The van der Waals surface area contributed by atoms with E-state index in [9.17, 15) is 0 Å². The van der Waals surface area contributed by atoms with Crippen molar-refractivity contribution in [3.8, 4) is 0 Å². The molecule has 0 aliphatic carbocycles. The molecule has 15 heavy (non-hydrogen) atoms. The Hall–Kier alpha value is -0.500. The fraction of sp³-hybridized carbons (Fsp3) is 0.750. The van der Waals surface area contributed by atoms with Gasteiger partial charge in [-0.2, -0.15) is 5.10 Å². The first-order valence-corrected chi connectivity index (χ1v) is 5.96. The monoisotopic (exact) mass is 228 g/mol. The van der Waals surface area contributed by atoms with Crippen LogP contribution in [-0.2, 0) is 13.5 Å². The number of aryl methyl sites for hydroxylation is 2. The lowest BCUT2D eigenvalue weighted by Crippen LogP contribution is -2.20. The third-order valence-corrected chi connectivity index (χ3v) is 3.63. The molecule has 2 nitrogen and oxygen atoms in total. The average Bonchev–Trinajstić information content (AvgIpc) is 2.50. The minimum absolute atomic E-state index is 0.202. The molecule has 0 N–H and O–H groups in total. The molecule has 0 saturated heterocycles. The Morgan fingerprint density at radius 3 is 2.60 bits per heavy atom. The normalized spacial score (nSPS) is 14.2. The van der Waals surface area contributed by atoms with Crippen LogP contribution in [0.15, 0.2) is 12.3 Å². The molecule has 0 aromatic carbocycles. The molecule has 3 heteroatoms. The van der Waals surface area contributed by atoms with Crippen LogP contribution in [0, 0.1) is 5.41 Å². The van der Waals surface area contributed by atoms with Gasteiger partial charge in [0, 0.05) is 24.3 Å². The van der Waals surface area contributed by atoms with E-state index < -0.39 is 0 Å². The lowest BCUT2D eigenvalue weighted by Gasteiger charge is -2.24. The van der Waals surface area contributed by atoms with E-state index in [-0.39, 0.29) is 10.8 Å². The summed E-state index contributed by atoms with van der Waals surface area (Å²) in [5.74, 6) is 0. The van der Waals surface area contributed by atoms with Crippen LogP contribution in [0.1, 0.15) is 39.3 Å². The van der Waals surface area contributed by atoms with Crippen molar-refractivity contribution in [3.63, 3.8) is 0 Å². The largest absolute Gasteiger partial charge is 0.273 e. The number of aromatic nitrogens is 2. The number of alkyl halides is 1. The zero-order chi connectivity index (χ0) is 11.5. The van der Waals surface area contributed by atoms with Gasteiger partial charge in [-0.25, -0.2) is 0 Å². The van der Waals surface area contributed by atoms with E-state index in [1.165, 1.54) is 5.69 Å². The van der Waals surface area contributed by atoms with Gasteiger partial charge >= 0.3 is 0 Å². The number of rotatable bonds is 4. The molecule has 0 radical (unpaired) electrons. The van der Waals surface area contributed by atoms with Gasteiger partial charge in [0.2, 0.25) is 0 Å². The van der Waals surface area contributed by atoms with Crippen LogP contribution in [-0.4, -0.2) is 15.2 Å². The third-order valence-electron chi connectivity index (χ3n) is 2.75. The first-order valence-electron chi connectivity index (χ1n) is 5.52. The Balaban J connectivity index is 2.31. The Labute approximate surface area is 97.6 Å². The van der Waals surface area contributed by atoms with Crippen LogP contribution >= 0.6 is 11.6 Å². The van der Waals surface area contributed by atoms with Gasteiger partial charge in [-0.15, -0.1) is 11.6 Å². The topological polar surface area (TPSA) is 17.8 Å². The third kappa shape index (κ3) is 3.86. The van der Waals surface area contributed by atoms with Crippen LogP contribution in [0.25, 0.3) is 0 Å². The SMILES string of the molecule is Cn1nccc1CCCC(Cl)C(C)(C)C. The molecule has 0 fully saturated rings. The summed E-state index contributed by atoms with van der Waals surface area (Å²) in [6.45, 7) is 6.57. The molecule has 0 aliphatic heterocycles. The van der Waals surface area contributed by atoms with E-state index in [0.717, 1.165) is 19.3 Å². The van der Waals surface area contributed by atoms with Gasteiger partial charge in [-0.3, -0.25) is 4.68 Å². The van der Waals surface area contributed by atoms with Crippen LogP contribution in [0.4, 0.5) is 0 Å². The predicted molar refractivity (Wildman–Crippen MR) is 65.2 cm³/mol. The van der Waals surface area contributed by atoms with E-state index in [4.69, 9.17) is 11.6 Å². The highest BCUT2D eigenvalue weighted by Crippen LogP contribution is 2.28. The zero-order valence-corrected chi connectivity index (χ0v) is 10.9. The van der Waals surface area contributed by atoms with Gasteiger partial charge in [0.25, 0.3) is 0 Å². The van der Waals surface area contributed by atoms with E-state index in [2.05, 4.69) is 31.9 Å². The summed E-state index contributed by atoms with van der Waals surface area (Å²) in [5.41, 5.74) is 1.49. The summed E-state index contributed by atoms with van der Waals surface area (Å²) in [7, 11) is 1.98. The quantitative estimate of drug-likeness (QED) is 0.723. The van der Waals surface area contributed by atoms with E-state index in [1.54, 1.807) is 0 Å². The van der Waals surface area contributed by atoms with Gasteiger partial charge in [-0.05, 0) is 30.7 Å². The average molecular weight is 229 g/mol. The Bertz CT molecular complexity index is 299. The summed E-state index contributed by atoms with van der Waals surface area (Å²) in [4.78, 5) is 0. The minimum atomic E-state index is 0.202. The second-order valence-corrected chi connectivity index (χ2v) is 5.70. The van der Waals surface area contributed by atoms with Gasteiger partial charge in [0.05, 0.1) is 0 Å². The van der Waals surface area contributed by atoms with Gasteiger partial charge in [-0.1, -0.05) is 20.8 Å². The van der Waals surface area contributed by atoms with Crippen molar-refractivity contribution in [3.05, 3.63) is 18.0 Å². The summed E-state index contributed by atoms with van der Waals surface area (Å²) in [5, 5.41) is 4.40. The lowest BCUT2D eigenvalue weighted by atomic mass is 9.89. The smallest absolute Gasteiger partial charge is 0.0492 e. The molecular formula is C12H21ClN2. The molecule has 1 atom stereocenters. The van der Waals surface area contributed by atoms with Gasteiger partial charge in [0.15, 0.2) is 0 Å². The summed E-state index contributed by atoms with van der Waals surface area (Å²) < 4.78 is 1.93. The highest BCUT2D eigenvalue weighted by molar-refractivity contribution is 6.21. The Morgan fingerprint density at radius 2 is 2.13 bits per heavy atom. The van der Waals surface area contributed by atoms with E-state index in [0.29, 0.717) is 0 Å². The first-order chi connectivity index (χ1) is 6.91. The molecule has 1 aromatic rings. The maximum atomic E-state index is 6.31. The molecule has 0 saturated carbocycles. The van der Waals surface area contributed by atoms with Crippen molar-refractivity contribution in [1.82, 2.24) is 9.78 Å². The molecule has 1 heterocycles. The van der Waals surface area contributed by atoms with E-state index in [1.807, 2.05) is 17.9 Å². The van der Waals surface area contributed by atoms with Crippen LogP contribution in [0.5, 0.6) is 0 Å². The fourth-order valence-electron chi connectivity index (χ4n) is 1.54. The Morgan fingerprint density at radius 1 is 1.47 bits per heavy atom. The van der Waals surface area contributed by atoms with Gasteiger partial charge in [0.1, 0.15) is 0 Å². The van der Waals surface area contributed by atoms with Crippen LogP contribution < -0.4 is 0 Å². The Kier molecular flexibility index (Phi) is 4.21. The van der Waals surface area contributed by atoms with E-state index >= 15 is 0 Å². The van der Waals surface area contributed by atoms with Gasteiger partial charge < -0.3 is 0 Å². The van der Waals surface area contributed by atoms with Crippen molar-refractivity contribution in [1.29, 1.82) is 0 Å². The number of hydrogen-bond donors (Lipinski definition) is 0. The lowest BCUT2D eigenvalue weighted by molar-refractivity contribution is 0.368. The van der Waals surface area contributed by atoms with Crippen molar-refractivity contribution in [2.45, 2.75) is 45.4 Å². The minimum Gasteiger partial charge on any atom is -0.273 e. The first kappa shape index (κ1) is 12.6. The van der Waals surface area contributed by atoms with Crippen molar-refractivity contribution in [2.24, 2.45) is 12.5 Å². The molecule has 86 valence electrons. The molecule has 0 bridgehead atoms. The molecule has 1 unspecified atom stereocenters. The number of nitrogens with zero attached hydrogens (tertiary/aromatic N) is 2. The van der Waals surface area contributed by atoms with Crippen LogP contribution in [0.3, 0.4) is 0 Å². The standard InChI is InChI=1S/C12H21ClN2/c1-12(2,3)11(13)7-5-6-10-8-9-14-15(10)4/h8-9,11H,5-7H2,1-4H3. The molecule has 0 amide bonds. The molecular weight excluding hydrogens is 208 g/mol. The number of halogens is 1. The summed E-state index contributed by atoms with van der Waals surface area (Å²) in [6, 6.07) is 2.07. The van der Waals surface area contributed by atoms with Crippen molar-refractivity contribution < 1.29 is 0 Å². The zero-order valence-electron chi connectivity index (χ0n) is 10.1. The highest BCUT2D eigenvalue weighted by Gasteiger charge is 2.21. The van der Waals surface area contributed by atoms with Crippen molar-refractivity contribution >= 4 is 11.6 Å². The molecule has 1 rings (SSSR count). The fourth-order valence-corrected chi connectivity index (χ4v) is 1.70. The molecule has 0 aliphatic rings. The maximum Gasteiger partial charge on any atom is 0.0492 e. The second-order valence-electron chi connectivity index (χ2n) is 5.17. The second kappa shape index (κ2) is 5.02. The highest BCUT2D eigenvalue weighted by atomic mass is 35.5. The summed E-state index contributed by atoms with van der Waals surface area (Å²) >= 11 is 6.31.